The summed E-state index contributed by atoms with van der Waals surface area (Å²) in [6.07, 6.45) is 5.87. The number of amides is 1. The number of hydrogen-bond donors (Lipinski definition) is 1. The molecule has 1 saturated heterocycles. The highest BCUT2D eigenvalue weighted by Gasteiger charge is 2.28. The molecule has 0 unspecified atom stereocenters. The highest BCUT2D eigenvalue weighted by molar-refractivity contribution is 7.89. The van der Waals surface area contributed by atoms with Crippen LogP contribution in [-0.4, -0.2) is 64.1 Å². The second-order valence-electron chi connectivity index (χ2n) is 7.88. The number of hydrogen-bond acceptors (Lipinski definition) is 6. The average molecular weight is 439 g/mol. The number of sulfonamides is 1. The van der Waals surface area contributed by atoms with E-state index in [-0.39, 0.29) is 36.1 Å². The van der Waals surface area contributed by atoms with Gasteiger partial charge in [0.25, 0.3) is 5.91 Å². The van der Waals surface area contributed by atoms with Gasteiger partial charge in [-0.3, -0.25) is 4.79 Å². The number of ether oxygens (including phenoxy) is 2. The van der Waals surface area contributed by atoms with Crippen molar-refractivity contribution < 1.29 is 27.5 Å². The Hall–Kier alpha value is -1.97. The van der Waals surface area contributed by atoms with Crippen molar-refractivity contribution >= 4 is 21.9 Å². The van der Waals surface area contributed by atoms with Crippen molar-refractivity contribution in [3.8, 4) is 0 Å². The Morgan fingerprint density at radius 2 is 1.87 bits per heavy atom. The number of aryl methyl sites for hydroxylation is 1. The third kappa shape index (κ3) is 5.80. The lowest BCUT2D eigenvalue weighted by Gasteiger charge is -2.26. The van der Waals surface area contributed by atoms with Gasteiger partial charge in [0.15, 0.2) is 6.61 Å². The third-order valence-corrected chi connectivity index (χ3v) is 7.70. The molecule has 1 aliphatic carbocycles. The van der Waals surface area contributed by atoms with Crippen LogP contribution in [0.4, 0.5) is 0 Å². The van der Waals surface area contributed by atoms with Gasteiger partial charge in [0.05, 0.1) is 23.7 Å². The van der Waals surface area contributed by atoms with Crippen molar-refractivity contribution in [2.75, 3.05) is 39.5 Å². The maximum atomic E-state index is 12.9. The van der Waals surface area contributed by atoms with Gasteiger partial charge in [0, 0.05) is 19.6 Å². The number of nitrogens with one attached hydrogen (secondary N) is 1. The summed E-state index contributed by atoms with van der Waals surface area (Å²) in [5.74, 6) is -0.577. The van der Waals surface area contributed by atoms with E-state index in [0.717, 1.165) is 12.8 Å². The van der Waals surface area contributed by atoms with E-state index < -0.39 is 16.0 Å². The summed E-state index contributed by atoms with van der Waals surface area (Å²) in [5, 5.41) is 2.82. The molecule has 0 spiro atoms. The summed E-state index contributed by atoms with van der Waals surface area (Å²) in [7, 11) is -3.73. The summed E-state index contributed by atoms with van der Waals surface area (Å²) < 4.78 is 37.6. The maximum Gasteiger partial charge on any atom is 0.338 e. The number of morpholine rings is 1. The fraction of sp³-hybridized carbons (Fsp3) is 0.619. The number of benzene rings is 1. The van der Waals surface area contributed by atoms with Crippen molar-refractivity contribution in [3.05, 3.63) is 29.3 Å². The van der Waals surface area contributed by atoms with Gasteiger partial charge in [-0.05, 0) is 43.4 Å². The predicted molar refractivity (Wildman–Crippen MR) is 111 cm³/mol. The average Bonchev–Trinajstić information content (AvgIpc) is 2.77. The van der Waals surface area contributed by atoms with Gasteiger partial charge in [0.1, 0.15) is 0 Å². The van der Waals surface area contributed by atoms with Crippen molar-refractivity contribution in [2.24, 2.45) is 5.92 Å². The van der Waals surface area contributed by atoms with E-state index in [1.807, 2.05) is 0 Å². The first-order valence-corrected chi connectivity index (χ1v) is 11.9. The summed E-state index contributed by atoms with van der Waals surface area (Å²) in [6, 6.07) is 4.41. The first kappa shape index (κ1) is 22.7. The summed E-state index contributed by atoms with van der Waals surface area (Å²) in [6.45, 7) is 3.14. The molecule has 0 aromatic heterocycles. The SMILES string of the molecule is Cc1ccc(C(=O)OCC(=O)NCC2CCCCC2)cc1S(=O)(=O)N1CCOCC1. The lowest BCUT2D eigenvalue weighted by Crippen LogP contribution is -2.40. The van der Waals surface area contributed by atoms with Gasteiger partial charge in [-0.1, -0.05) is 25.3 Å². The molecule has 166 valence electrons. The van der Waals surface area contributed by atoms with Gasteiger partial charge in [-0.15, -0.1) is 0 Å². The van der Waals surface area contributed by atoms with Crippen LogP contribution >= 0.6 is 0 Å². The number of esters is 1. The Morgan fingerprint density at radius 1 is 1.17 bits per heavy atom. The molecule has 0 radical (unpaired) electrons. The molecule has 0 atom stereocenters. The number of carbonyl (C=O) groups is 2. The first-order chi connectivity index (χ1) is 14.4. The minimum Gasteiger partial charge on any atom is -0.452 e. The van der Waals surface area contributed by atoms with Crippen LogP contribution in [0.3, 0.4) is 0 Å². The molecule has 1 saturated carbocycles. The van der Waals surface area contributed by atoms with Gasteiger partial charge >= 0.3 is 5.97 Å². The normalized spacial score (nSPS) is 18.7. The summed E-state index contributed by atoms with van der Waals surface area (Å²) in [5.41, 5.74) is 0.649. The van der Waals surface area contributed by atoms with E-state index in [2.05, 4.69) is 5.32 Å². The van der Waals surface area contributed by atoms with Gasteiger partial charge < -0.3 is 14.8 Å². The predicted octanol–water partition coefficient (Wildman–Crippen LogP) is 1.87. The van der Waals surface area contributed by atoms with Gasteiger partial charge in [0.2, 0.25) is 10.0 Å². The summed E-state index contributed by atoms with van der Waals surface area (Å²) >= 11 is 0. The van der Waals surface area contributed by atoms with E-state index >= 15 is 0 Å². The molecule has 2 fully saturated rings. The molecular formula is C21H30N2O6S. The van der Waals surface area contributed by atoms with E-state index in [4.69, 9.17) is 9.47 Å². The van der Waals surface area contributed by atoms with Crippen LogP contribution < -0.4 is 5.32 Å². The van der Waals surface area contributed by atoms with Crippen LogP contribution in [0.5, 0.6) is 0 Å². The topological polar surface area (TPSA) is 102 Å². The van der Waals surface area contributed by atoms with Crippen molar-refractivity contribution in [1.82, 2.24) is 9.62 Å². The molecule has 30 heavy (non-hydrogen) atoms. The van der Waals surface area contributed by atoms with Crippen LogP contribution in [0, 0.1) is 12.8 Å². The second-order valence-corrected chi connectivity index (χ2v) is 9.79. The Kier molecular flexibility index (Phi) is 7.85. The quantitative estimate of drug-likeness (QED) is 0.652. The Morgan fingerprint density at radius 3 is 2.57 bits per heavy atom. The van der Waals surface area contributed by atoms with E-state index in [1.54, 1.807) is 13.0 Å². The lowest BCUT2D eigenvalue weighted by atomic mass is 9.89. The van der Waals surface area contributed by atoms with Crippen LogP contribution in [0.2, 0.25) is 0 Å². The smallest absolute Gasteiger partial charge is 0.338 e. The molecule has 1 aromatic rings. The molecule has 3 rings (SSSR count). The molecule has 1 aliphatic heterocycles. The fourth-order valence-corrected chi connectivity index (χ4v) is 5.50. The zero-order valence-electron chi connectivity index (χ0n) is 17.4. The monoisotopic (exact) mass is 438 g/mol. The molecule has 1 amide bonds. The minimum absolute atomic E-state index is 0.0700. The molecule has 1 heterocycles. The zero-order valence-corrected chi connectivity index (χ0v) is 18.2. The lowest BCUT2D eigenvalue weighted by molar-refractivity contribution is -0.124. The van der Waals surface area contributed by atoms with Crippen LogP contribution in [-0.2, 0) is 24.3 Å². The van der Waals surface area contributed by atoms with E-state index in [0.29, 0.717) is 31.2 Å². The minimum atomic E-state index is -3.73. The van der Waals surface area contributed by atoms with Crippen molar-refractivity contribution in [1.29, 1.82) is 0 Å². The Bertz CT molecular complexity index is 858. The molecule has 9 heteroatoms. The van der Waals surface area contributed by atoms with Crippen molar-refractivity contribution in [2.45, 2.75) is 43.9 Å². The van der Waals surface area contributed by atoms with E-state index in [1.165, 1.54) is 35.7 Å². The van der Waals surface area contributed by atoms with Crippen molar-refractivity contribution in [3.63, 3.8) is 0 Å². The zero-order chi connectivity index (χ0) is 21.6. The Labute approximate surface area is 178 Å². The van der Waals surface area contributed by atoms with Crippen LogP contribution in [0.25, 0.3) is 0 Å². The molecular weight excluding hydrogens is 408 g/mol. The van der Waals surface area contributed by atoms with Crippen LogP contribution in [0.15, 0.2) is 23.1 Å². The first-order valence-electron chi connectivity index (χ1n) is 10.5. The Balaban J connectivity index is 1.58. The molecule has 2 aliphatic rings. The van der Waals surface area contributed by atoms with Crippen LogP contribution in [0.1, 0.15) is 48.0 Å². The van der Waals surface area contributed by atoms with Gasteiger partial charge in [-0.2, -0.15) is 4.31 Å². The highest BCUT2D eigenvalue weighted by atomic mass is 32.2. The second kappa shape index (κ2) is 10.4. The van der Waals surface area contributed by atoms with E-state index in [9.17, 15) is 18.0 Å². The summed E-state index contributed by atoms with van der Waals surface area (Å²) in [4.78, 5) is 24.5. The third-order valence-electron chi connectivity index (χ3n) is 5.66. The maximum absolute atomic E-state index is 12.9. The molecule has 0 bridgehead atoms. The fourth-order valence-electron chi connectivity index (χ4n) is 3.85. The number of rotatable bonds is 7. The van der Waals surface area contributed by atoms with Gasteiger partial charge in [-0.25, -0.2) is 13.2 Å². The largest absolute Gasteiger partial charge is 0.452 e. The number of nitrogens with zero attached hydrogens (tertiary/aromatic N) is 1. The molecule has 1 N–H and O–H groups in total. The number of carbonyl (C=O) groups excluding carboxylic acids is 2. The molecule has 8 nitrogen and oxygen atoms in total. The highest BCUT2D eigenvalue weighted by Crippen LogP contribution is 2.23. The standard InChI is InChI=1S/C21H30N2O6S/c1-16-7-8-18(13-19(16)30(26,27)23-9-11-28-12-10-23)21(25)29-15-20(24)22-14-17-5-3-2-4-6-17/h7-8,13,17H,2-6,9-12,14-15H2,1H3,(H,22,24). The molecule has 1 aromatic carbocycles.